The average molecular weight is 805 g/mol. The van der Waals surface area contributed by atoms with Crippen molar-refractivity contribution in [2.75, 3.05) is 39.3 Å². The third-order valence-electron chi connectivity index (χ3n) is 6.92. The van der Waals surface area contributed by atoms with Crippen LogP contribution in [-0.2, 0) is 16.8 Å². The van der Waals surface area contributed by atoms with Crippen molar-refractivity contribution in [1.82, 2.24) is 35.8 Å². The summed E-state index contributed by atoms with van der Waals surface area (Å²) in [5.41, 5.74) is 2.48. The molecule has 13 nitrogen and oxygen atoms in total. The van der Waals surface area contributed by atoms with Gasteiger partial charge in [0.1, 0.15) is 0 Å². The molecule has 0 aliphatic carbocycles. The number of hydrogen-bond acceptors (Lipinski definition) is 10. The molecule has 0 aromatic carbocycles. The van der Waals surface area contributed by atoms with Crippen molar-refractivity contribution in [2.45, 2.75) is 78.9 Å². The predicted molar refractivity (Wildman–Crippen MR) is 208 cm³/mol. The van der Waals surface area contributed by atoms with E-state index in [1.165, 1.54) is 0 Å². The second-order valence-corrected chi connectivity index (χ2v) is 15.5. The molecule has 0 spiro atoms. The molecular formula is C39H54ClCoN10O3-. The molecule has 1 radical (unpaired) electrons. The van der Waals surface area contributed by atoms with E-state index < -0.39 is 0 Å². The second kappa shape index (κ2) is 22.1. The van der Waals surface area contributed by atoms with Crippen molar-refractivity contribution in [1.29, 1.82) is 0 Å². The number of amides is 3. The van der Waals surface area contributed by atoms with Gasteiger partial charge in [0.25, 0.3) is 17.7 Å². The Kier molecular flexibility index (Phi) is 19.5. The zero-order chi connectivity index (χ0) is 38.4. The number of pyridine rings is 3. The first-order valence-electron chi connectivity index (χ1n) is 17.4. The van der Waals surface area contributed by atoms with Crippen molar-refractivity contribution in [2.24, 2.45) is 15.0 Å². The molecular weight excluding hydrogens is 751 g/mol. The SMILES string of the molecule is CC(C)(C)NC(=O)c1ccc(C=NCCN(CCN=Cc2ccc(C(=O)NC(C)(C)C)cn2)CCN=Cc2ccc(C(=O)NC(C)(C)C)cn2)nc1.[Cl-].[Co]. The Morgan fingerprint density at radius 2 is 0.796 bits per heavy atom. The molecule has 0 aliphatic rings. The minimum atomic E-state index is -0.332. The molecule has 3 amide bonds. The van der Waals surface area contributed by atoms with Gasteiger partial charge in [0.15, 0.2) is 0 Å². The van der Waals surface area contributed by atoms with Gasteiger partial charge in [-0.25, -0.2) is 0 Å². The third kappa shape index (κ3) is 19.1. The summed E-state index contributed by atoms with van der Waals surface area (Å²) in [7, 11) is 0. The second-order valence-electron chi connectivity index (χ2n) is 15.5. The van der Waals surface area contributed by atoms with Gasteiger partial charge in [0, 0.05) is 90.3 Å². The van der Waals surface area contributed by atoms with Gasteiger partial charge in [-0.2, -0.15) is 0 Å². The van der Waals surface area contributed by atoms with Gasteiger partial charge in [0.05, 0.1) is 53.4 Å². The molecule has 0 aliphatic heterocycles. The van der Waals surface area contributed by atoms with E-state index >= 15 is 0 Å². The van der Waals surface area contributed by atoms with Gasteiger partial charge in [-0.3, -0.25) is 49.2 Å². The molecule has 3 aromatic rings. The fraction of sp³-hybridized carbons (Fsp3) is 0.462. The fourth-order valence-corrected chi connectivity index (χ4v) is 4.49. The first-order valence-corrected chi connectivity index (χ1v) is 17.4. The fourth-order valence-electron chi connectivity index (χ4n) is 4.49. The third-order valence-corrected chi connectivity index (χ3v) is 6.92. The predicted octanol–water partition coefficient (Wildman–Crippen LogP) is 1.42. The number of carbonyl (C=O) groups is 3. The van der Waals surface area contributed by atoms with Crippen LogP contribution in [0.3, 0.4) is 0 Å². The Balaban J connectivity index is 0.00000729. The van der Waals surface area contributed by atoms with Crippen LogP contribution in [0.25, 0.3) is 0 Å². The van der Waals surface area contributed by atoms with Gasteiger partial charge < -0.3 is 28.4 Å². The summed E-state index contributed by atoms with van der Waals surface area (Å²) in [4.78, 5) is 66.2. The molecule has 54 heavy (non-hydrogen) atoms. The van der Waals surface area contributed by atoms with E-state index in [1.54, 1.807) is 73.6 Å². The number of aliphatic imine (C=N–C) groups is 3. The molecule has 3 rings (SSSR count). The Morgan fingerprint density at radius 3 is 1.00 bits per heavy atom. The van der Waals surface area contributed by atoms with Gasteiger partial charge in [-0.05, 0) is 98.7 Å². The summed E-state index contributed by atoms with van der Waals surface area (Å²) in [6, 6.07) is 10.5. The van der Waals surface area contributed by atoms with Crippen LogP contribution in [0.1, 0.15) is 110 Å². The number of hydrogen-bond donors (Lipinski definition) is 3. The van der Waals surface area contributed by atoms with Crippen LogP contribution in [0.2, 0.25) is 0 Å². The molecule has 0 fully saturated rings. The minimum absolute atomic E-state index is 0. The molecule has 0 saturated heterocycles. The average Bonchev–Trinajstić information content (AvgIpc) is 3.05. The minimum Gasteiger partial charge on any atom is -1.00 e. The van der Waals surface area contributed by atoms with Crippen LogP contribution in [-0.4, -0.2) is 112 Å². The summed E-state index contributed by atoms with van der Waals surface area (Å²) in [5, 5.41) is 8.79. The van der Waals surface area contributed by atoms with Crippen LogP contribution in [0.15, 0.2) is 70.0 Å². The number of nitrogens with zero attached hydrogens (tertiary/aromatic N) is 7. The summed E-state index contributed by atoms with van der Waals surface area (Å²) in [6.07, 6.45) is 9.76. The normalized spacial score (nSPS) is 12.1. The van der Waals surface area contributed by atoms with Crippen LogP contribution < -0.4 is 28.4 Å². The van der Waals surface area contributed by atoms with E-state index in [0.29, 0.717) is 73.0 Å². The molecule has 3 aromatic heterocycles. The summed E-state index contributed by atoms with van der Waals surface area (Å²) >= 11 is 0. The van der Waals surface area contributed by atoms with E-state index in [1.807, 2.05) is 62.3 Å². The number of halogens is 1. The zero-order valence-corrected chi connectivity index (χ0v) is 34.5. The van der Waals surface area contributed by atoms with E-state index in [-0.39, 0.29) is 63.5 Å². The van der Waals surface area contributed by atoms with E-state index in [4.69, 9.17) is 0 Å². The Hall–Kier alpha value is -4.37. The first-order chi connectivity index (χ1) is 24.4. The Bertz CT molecular complexity index is 1510. The van der Waals surface area contributed by atoms with Crippen molar-refractivity contribution < 1.29 is 43.6 Å². The number of carbonyl (C=O) groups excluding carboxylic acids is 3. The maximum absolute atomic E-state index is 12.4. The van der Waals surface area contributed by atoms with Crippen LogP contribution >= 0.6 is 0 Å². The monoisotopic (exact) mass is 804 g/mol. The smallest absolute Gasteiger partial charge is 0.253 e. The van der Waals surface area contributed by atoms with Crippen LogP contribution in [0.4, 0.5) is 0 Å². The quantitative estimate of drug-likeness (QED) is 0.196. The van der Waals surface area contributed by atoms with Crippen LogP contribution in [0.5, 0.6) is 0 Å². The van der Waals surface area contributed by atoms with Crippen LogP contribution in [0, 0.1) is 0 Å². The standard InChI is InChI=1S/C39H54N10O3.ClH.Co/c1-37(2,3)46-34(50)28-10-13-31(43-22-28)25-40-16-19-49(20-17-41-26-32-14-11-29(23-44-32)35(51)47-38(4,5)6)21-18-42-27-33-15-12-30(24-45-33)36(52)48-39(7,8)9;;/h10-15,22-27H,16-21H2,1-9H3,(H,46,50)(H,47,51)(H,48,52);1H;/p-1. The van der Waals surface area contributed by atoms with E-state index in [0.717, 1.165) is 0 Å². The molecule has 0 bridgehead atoms. The molecule has 0 saturated carbocycles. The number of aromatic nitrogens is 3. The van der Waals surface area contributed by atoms with E-state index in [2.05, 4.69) is 50.8 Å². The topological polar surface area (TPSA) is 166 Å². The summed E-state index contributed by atoms with van der Waals surface area (Å²) in [5.74, 6) is -0.508. The zero-order valence-electron chi connectivity index (χ0n) is 32.7. The van der Waals surface area contributed by atoms with Crippen molar-refractivity contribution >= 4 is 36.4 Å². The summed E-state index contributed by atoms with van der Waals surface area (Å²) in [6.45, 7) is 21.0. The van der Waals surface area contributed by atoms with Gasteiger partial charge in [0.2, 0.25) is 0 Å². The molecule has 0 unspecified atom stereocenters. The van der Waals surface area contributed by atoms with Gasteiger partial charge in [-0.1, -0.05) is 0 Å². The van der Waals surface area contributed by atoms with E-state index in [9.17, 15) is 14.4 Å². The summed E-state index contributed by atoms with van der Waals surface area (Å²) < 4.78 is 0. The van der Waals surface area contributed by atoms with Crippen molar-refractivity contribution in [3.05, 3.63) is 88.8 Å². The first kappa shape index (κ1) is 47.6. The van der Waals surface area contributed by atoms with Gasteiger partial charge >= 0.3 is 0 Å². The largest absolute Gasteiger partial charge is 1.00 e. The maximum atomic E-state index is 12.4. The Labute approximate surface area is 336 Å². The molecule has 0 atom stereocenters. The molecule has 295 valence electrons. The number of nitrogens with one attached hydrogen (secondary N) is 3. The molecule has 15 heteroatoms. The molecule has 3 N–H and O–H groups in total. The maximum Gasteiger partial charge on any atom is 0.253 e. The van der Waals surface area contributed by atoms with Crippen molar-refractivity contribution in [3.8, 4) is 0 Å². The number of rotatable bonds is 15. The molecule has 3 heterocycles. The van der Waals surface area contributed by atoms with Gasteiger partial charge in [-0.15, -0.1) is 0 Å². The van der Waals surface area contributed by atoms with Crippen molar-refractivity contribution in [3.63, 3.8) is 0 Å². The Morgan fingerprint density at radius 1 is 0.537 bits per heavy atom.